The van der Waals surface area contributed by atoms with Crippen LogP contribution in [0, 0.1) is 5.92 Å². The average molecular weight is 273 g/mol. The average Bonchev–Trinajstić information content (AvgIpc) is 2.43. The number of ether oxygens (including phenoxy) is 3. The van der Waals surface area contributed by atoms with Crippen molar-refractivity contribution in [1.82, 2.24) is 5.32 Å². The monoisotopic (exact) mass is 273 g/mol. The first-order valence-electron chi connectivity index (χ1n) is 7.33. The molecule has 0 bridgehead atoms. The maximum Gasteiger partial charge on any atom is 0.323 e. The highest BCUT2D eigenvalue weighted by Crippen LogP contribution is 2.14. The van der Waals surface area contributed by atoms with E-state index in [1.54, 1.807) is 0 Å². The number of hydrogen-bond donors (Lipinski definition) is 1. The summed E-state index contributed by atoms with van der Waals surface area (Å²) < 4.78 is 16.0. The highest BCUT2D eigenvalue weighted by Gasteiger charge is 2.19. The molecule has 1 unspecified atom stereocenters. The van der Waals surface area contributed by atoms with Gasteiger partial charge in [0.05, 0.1) is 6.61 Å². The molecule has 5 nitrogen and oxygen atoms in total. The molecule has 1 rings (SSSR count). The Morgan fingerprint density at radius 1 is 1.37 bits per heavy atom. The molecular formula is C14H27NO4. The molecule has 0 aromatic heterocycles. The maximum absolute atomic E-state index is 11.7. The summed E-state index contributed by atoms with van der Waals surface area (Å²) in [6.45, 7) is 8.03. The second kappa shape index (κ2) is 10.2. The van der Waals surface area contributed by atoms with E-state index in [1.807, 2.05) is 13.8 Å². The number of hydrogen-bond acceptors (Lipinski definition) is 5. The lowest BCUT2D eigenvalue weighted by atomic mass is 10.0. The van der Waals surface area contributed by atoms with E-state index in [0.29, 0.717) is 25.6 Å². The molecule has 0 radical (unpaired) electrons. The molecule has 0 saturated carbocycles. The van der Waals surface area contributed by atoms with E-state index in [1.165, 1.54) is 0 Å². The van der Waals surface area contributed by atoms with E-state index >= 15 is 0 Å². The Bertz CT molecular complexity index is 242. The third-order valence-corrected chi connectivity index (χ3v) is 3.27. The number of rotatable bonds is 9. The van der Waals surface area contributed by atoms with Crippen LogP contribution in [0.4, 0.5) is 0 Å². The quantitative estimate of drug-likeness (QED) is 0.508. The van der Waals surface area contributed by atoms with Crippen LogP contribution < -0.4 is 5.32 Å². The van der Waals surface area contributed by atoms with Gasteiger partial charge in [0, 0.05) is 26.4 Å². The number of esters is 1. The number of carbonyl (C=O) groups is 1. The zero-order chi connectivity index (χ0) is 13.9. The summed E-state index contributed by atoms with van der Waals surface area (Å²) in [5.74, 6) is 0.424. The SMILES string of the molecule is CCNC(CCOCC1CCOCC1)C(=O)OCC. The molecule has 0 amide bonds. The van der Waals surface area contributed by atoms with Crippen LogP contribution >= 0.6 is 0 Å². The largest absolute Gasteiger partial charge is 0.465 e. The van der Waals surface area contributed by atoms with Crippen molar-refractivity contribution in [3.05, 3.63) is 0 Å². The van der Waals surface area contributed by atoms with Crippen LogP contribution in [0.1, 0.15) is 33.1 Å². The number of likely N-dealkylation sites (N-methyl/N-ethyl adjacent to an activating group) is 1. The number of carbonyl (C=O) groups excluding carboxylic acids is 1. The van der Waals surface area contributed by atoms with E-state index in [-0.39, 0.29) is 12.0 Å². The molecule has 0 aliphatic carbocycles. The summed E-state index contributed by atoms with van der Waals surface area (Å²) in [5.41, 5.74) is 0. The third-order valence-electron chi connectivity index (χ3n) is 3.27. The Balaban J connectivity index is 2.14. The minimum absolute atomic E-state index is 0.181. The van der Waals surface area contributed by atoms with Gasteiger partial charge >= 0.3 is 5.97 Å². The van der Waals surface area contributed by atoms with Gasteiger partial charge in [0.1, 0.15) is 6.04 Å². The molecule has 0 spiro atoms. The van der Waals surface area contributed by atoms with Gasteiger partial charge in [-0.25, -0.2) is 0 Å². The van der Waals surface area contributed by atoms with Crippen LogP contribution in [0.25, 0.3) is 0 Å². The lowest BCUT2D eigenvalue weighted by molar-refractivity contribution is -0.146. The van der Waals surface area contributed by atoms with Gasteiger partial charge in [-0.15, -0.1) is 0 Å². The summed E-state index contributed by atoms with van der Waals surface area (Å²) in [6.07, 6.45) is 2.82. The van der Waals surface area contributed by atoms with Crippen LogP contribution in [-0.4, -0.2) is 51.6 Å². The van der Waals surface area contributed by atoms with Crippen molar-refractivity contribution >= 4 is 5.97 Å². The van der Waals surface area contributed by atoms with Crippen molar-refractivity contribution in [3.8, 4) is 0 Å². The molecule has 1 aliphatic rings. The summed E-state index contributed by atoms with van der Waals surface area (Å²) in [6, 6.07) is -0.250. The van der Waals surface area contributed by atoms with Gasteiger partial charge in [-0.3, -0.25) is 4.79 Å². The predicted molar refractivity (Wildman–Crippen MR) is 73.1 cm³/mol. The molecule has 0 aromatic carbocycles. The summed E-state index contributed by atoms with van der Waals surface area (Å²) >= 11 is 0. The predicted octanol–water partition coefficient (Wildman–Crippen LogP) is 1.36. The fourth-order valence-electron chi connectivity index (χ4n) is 2.16. The zero-order valence-corrected chi connectivity index (χ0v) is 12.2. The maximum atomic E-state index is 11.7. The Morgan fingerprint density at radius 3 is 2.74 bits per heavy atom. The van der Waals surface area contributed by atoms with Crippen molar-refractivity contribution in [2.45, 2.75) is 39.2 Å². The van der Waals surface area contributed by atoms with Crippen LogP contribution in [0.5, 0.6) is 0 Å². The van der Waals surface area contributed by atoms with Gasteiger partial charge < -0.3 is 19.5 Å². The zero-order valence-electron chi connectivity index (χ0n) is 12.2. The highest BCUT2D eigenvalue weighted by atomic mass is 16.5. The minimum Gasteiger partial charge on any atom is -0.465 e. The van der Waals surface area contributed by atoms with Crippen molar-refractivity contribution in [1.29, 1.82) is 0 Å². The standard InChI is InChI=1S/C14H27NO4/c1-3-15-13(14(16)19-4-2)7-10-18-11-12-5-8-17-9-6-12/h12-13,15H,3-11H2,1-2H3. The Labute approximate surface area is 116 Å². The van der Waals surface area contributed by atoms with Crippen LogP contribution in [0.3, 0.4) is 0 Å². The van der Waals surface area contributed by atoms with E-state index in [9.17, 15) is 4.79 Å². The van der Waals surface area contributed by atoms with Gasteiger partial charge in [-0.2, -0.15) is 0 Å². The van der Waals surface area contributed by atoms with Crippen LogP contribution in [-0.2, 0) is 19.0 Å². The molecule has 1 atom stereocenters. The van der Waals surface area contributed by atoms with Gasteiger partial charge in [0.15, 0.2) is 0 Å². The Morgan fingerprint density at radius 2 is 2.11 bits per heavy atom. The molecular weight excluding hydrogens is 246 g/mol. The second-order valence-electron chi connectivity index (χ2n) is 4.78. The molecule has 112 valence electrons. The van der Waals surface area contributed by atoms with Crippen molar-refractivity contribution in [2.75, 3.05) is 39.6 Å². The van der Waals surface area contributed by atoms with Gasteiger partial charge in [-0.05, 0) is 38.6 Å². The summed E-state index contributed by atoms with van der Waals surface area (Å²) in [4.78, 5) is 11.7. The first-order valence-corrected chi connectivity index (χ1v) is 7.33. The lowest BCUT2D eigenvalue weighted by Crippen LogP contribution is -2.39. The first kappa shape index (κ1) is 16.4. The van der Waals surface area contributed by atoms with Crippen LogP contribution in [0.2, 0.25) is 0 Å². The van der Waals surface area contributed by atoms with E-state index in [4.69, 9.17) is 14.2 Å². The van der Waals surface area contributed by atoms with Crippen LogP contribution in [0.15, 0.2) is 0 Å². The fourth-order valence-corrected chi connectivity index (χ4v) is 2.16. The fraction of sp³-hybridized carbons (Fsp3) is 0.929. The molecule has 1 aliphatic heterocycles. The molecule has 1 fully saturated rings. The minimum atomic E-state index is -0.250. The van der Waals surface area contributed by atoms with Crippen molar-refractivity contribution < 1.29 is 19.0 Å². The third kappa shape index (κ3) is 6.89. The van der Waals surface area contributed by atoms with Gasteiger partial charge in [-0.1, -0.05) is 6.92 Å². The first-order chi connectivity index (χ1) is 9.27. The van der Waals surface area contributed by atoms with E-state index in [2.05, 4.69) is 5.32 Å². The van der Waals surface area contributed by atoms with E-state index < -0.39 is 0 Å². The normalized spacial score (nSPS) is 18.2. The summed E-state index contributed by atoms with van der Waals surface area (Å²) in [5, 5.41) is 3.13. The lowest BCUT2D eigenvalue weighted by Gasteiger charge is -2.22. The Kier molecular flexibility index (Phi) is 8.79. The molecule has 5 heteroatoms. The number of nitrogens with one attached hydrogen (secondary N) is 1. The molecule has 0 aromatic rings. The van der Waals surface area contributed by atoms with Gasteiger partial charge in [0.25, 0.3) is 0 Å². The highest BCUT2D eigenvalue weighted by molar-refractivity contribution is 5.75. The van der Waals surface area contributed by atoms with Crippen molar-refractivity contribution in [2.24, 2.45) is 5.92 Å². The molecule has 1 N–H and O–H groups in total. The smallest absolute Gasteiger partial charge is 0.323 e. The second-order valence-corrected chi connectivity index (χ2v) is 4.78. The van der Waals surface area contributed by atoms with Gasteiger partial charge in [0.2, 0.25) is 0 Å². The summed E-state index contributed by atoms with van der Waals surface area (Å²) in [7, 11) is 0. The molecule has 1 saturated heterocycles. The van der Waals surface area contributed by atoms with E-state index in [0.717, 1.165) is 39.2 Å². The Hall–Kier alpha value is -0.650. The molecule has 1 heterocycles. The topological polar surface area (TPSA) is 56.8 Å². The van der Waals surface area contributed by atoms with Crippen molar-refractivity contribution in [3.63, 3.8) is 0 Å². The molecule has 19 heavy (non-hydrogen) atoms.